The molecule has 0 radical (unpaired) electrons. The number of benzene rings is 2. The van der Waals surface area contributed by atoms with Crippen molar-refractivity contribution in [3.63, 3.8) is 0 Å². The number of aromatic nitrogens is 1. The van der Waals surface area contributed by atoms with Gasteiger partial charge in [-0.2, -0.15) is 4.57 Å². The van der Waals surface area contributed by atoms with Crippen LogP contribution in [0.3, 0.4) is 0 Å². The fourth-order valence-electron chi connectivity index (χ4n) is 2.25. The Hall–Kier alpha value is -3.18. The molecule has 1 heterocycles. The smallest absolute Gasteiger partial charge is 0.497 e. The third kappa shape index (κ3) is 4.51. The van der Waals surface area contributed by atoms with Gasteiger partial charge in [-0.3, -0.25) is 0 Å². The molecule has 0 fully saturated rings. The van der Waals surface area contributed by atoms with Gasteiger partial charge in [0.1, 0.15) is 23.0 Å². The van der Waals surface area contributed by atoms with Crippen molar-refractivity contribution in [3.05, 3.63) is 73.1 Å². The van der Waals surface area contributed by atoms with Gasteiger partial charge in [-0.15, -0.1) is 0 Å². The highest BCUT2D eigenvalue weighted by Crippen LogP contribution is 2.44. The number of rotatable bonds is 7. The normalized spacial score (nSPS) is 10.9. The van der Waals surface area contributed by atoms with Gasteiger partial charge in [0, 0.05) is 17.8 Å². The van der Waals surface area contributed by atoms with Crippen molar-refractivity contribution in [1.29, 1.82) is 0 Å². The van der Waals surface area contributed by atoms with Crippen molar-refractivity contribution in [3.8, 4) is 23.0 Å². The van der Waals surface area contributed by atoms with E-state index < -0.39 is 7.75 Å². The minimum Gasteiger partial charge on any atom is -0.497 e. The monoisotopic (exact) mass is 387 g/mol. The van der Waals surface area contributed by atoms with Crippen LogP contribution in [0.25, 0.3) is 0 Å². The Labute approximate surface area is 157 Å². The molecule has 3 rings (SSSR count). The Morgan fingerprint density at radius 2 is 1.07 bits per heavy atom. The van der Waals surface area contributed by atoms with Crippen LogP contribution in [-0.4, -0.2) is 14.2 Å². The molecular formula is C19H20N2O5P+. The van der Waals surface area contributed by atoms with Gasteiger partial charge in [-0.1, -0.05) is 4.34 Å². The summed E-state index contributed by atoms with van der Waals surface area (Å²) < 4.78 is 36.7. The van der Waals surface area contributed by atoms with Gasteiger partial charge in [0.25, 0.3) is 0 Å². The standard InChI is InChI=1S/C19H19N2O5P/c1-23-16-3-7-18(8-4-16)25-27(22,21-13-11-15(20)12-14-21)26-19-9-5-17(24-2)6-10-19/h3-14,20H,1-2H3/p+1. The van der Waals surface area contributed by atoms with E-state index in [4.69, 9.17) is 24.3 Å². The van der Waals surface area contributed by atoms with Crippen LogP contribution >= 0.6 is 7.75 Å². The molecule has 7 nitrogen and oxygen atoms in total. The summed E-state index contributed by atoms with van der Waals surface area (Å²) in [4.78, 5) is 0. The van der Waals surface area contributed by atoms with Crippen LogP contribution in [-0.2, 0) is 4.57 Å². The molecule has 140 valence electrons. The molecule has 0 aliphatic rings. The van der Waals surface area contributed by atoms with Gasteiger partial charge < -0.3 is 24.3 Å². The summed E-state index contributed by atoms with van der Waals surface area (Å²) in [6, 6.07) is 16.7. The zero-order chi connectivity index (χ0) is 19.3. The van der Waals surface area contributed by atoms with Gasteiger partial charge in [-0.05, 0) is 48.5 Å². The summed E-state index contributed by atoms with van der Waals surface area (Å²) in [5.74, 6) is 2.07. The minimum absolute atomic E-state index is 0.372. The van der Waals surface area contributed by atoms with Crippen LogP contribution in [0, 0.1) is 0 Å². The number of ether oxygens (including phenoxy) is 2. The van der Waals surface area contributed by atoms with Crippen LogP contribution in [0.15, 0.2) is 73.1 Å². The fourth-order valence-corrected chi connectivity index (χ4v) is 3.71. The third-order valence-corrected chi connectivity index (χ3v) is 5.40. The maximum atomic E-state index is 13.6. The summed E-state index contributed by atoms with van der Waals surface area (Å²) in [5, 5.41) is 0. The van der Waals surface area contributed by atoms with Crippen molar-refractivity contribution in [2.45, 2.75) is 0 Å². The van der Waals surface area contributed by atoms with Gasteiger partial charge in [0.2, 0.25) is 0 Å². The summed E-state index contributed by atoms with van der Waals surface area (Å²) in [7, 11) is -0.669. The molecule has 0 atom stereocenters. The number of nitrogens with two attached hydrogens (primary N) is 1. The Kier molecular flexibility index (Phi) is 5.52. The van der Waals surface area contributed by atoms with Crippen molar-refractivity contribution in [1.82, 2.24) is 0 Å². The molecule has 2 N–H and O–H groups in total. The van der Waals surface area contributed by atoms with Crippen molar-refractivity contribution in [2.24, 2.45) is 0 Å². The van der Waals surface area contributed by atoms with E-state index in [-0.39, 0.29) is 0 Å². The average Bonchev–Trinajstić information content (AvgIpc) is 2.69. The molecule has 1 aromatic heterocycles. The zero-order valence-corrected chi connectivity index (χ0v) is 15.8. The first kappa shape index (κ1) is 18.6. The quantitative estimate of drug-likeness (QED) is 0.623. The van der Waals surface area contributed by atoms with E-state index in [2.05, 4.69) is 0 Å². The molecule has 0 amide bonds. The summed E-state index contributed by atoms with van der Waals surface area (Å²) >= 11 is 0. The highest BCUT2D eigenvalue weighted by molar-refractivity contribution is 7.47. The molecular weight excluding hydrogens is 367 g/mol. The van der Waals surface area contributed by atoms with Gasteiger partial charge >= 0.3 is 7.75 Å². The third-order valence-electron chi connectivity index (χ3n) is 3.68. The largest absolute Gasteiger partial charge is 0.728 e. The lowest BCUT2D eigenvalue weighted by molar-refractivity contribution is -0.536. The molecule has 2 aromatic carbocycles. The summed E-state index contributed by atoms with van der Waals surface area (Å²) in [5.41, 5.74) is 6.26. The van der Waals surface area contributed by atoms with Gasteiger partial charge in [-0.25, -0.2) is 0 Å². The first-order valence-electron chi connectivity index (χ1n) is 8.07. The molecule has 0 aliphatic carbocycles. The first-order valence-corrected chi connectivity index (χ1v) is 9.57. The lowest BCUT2D eigenvalue weighted by atomic mass is 10.3. The van der Waals surface area contributed by atoms with Crippen molar-refractivity contribution in [2.75, 3.05) is 20.0 Å². The lowest BCUT2D eigenvalue weighted by Gasteiger charge is -2.14. The lowest BCUT2D eigenvalue weighted by Crippen LogP contribution is -2.35. The second-order valence-corrected chi connectivity index (χ2v) is 7.28. The van der Waals surface area contributed by atoms with E-state index in [1.807, 2.05) is 0 Å². The SMILES string of the molecule is COc1ccc(OP(=O)(Oc2ccc(OC)cc2)[n+]2ccc(N)cc2)cc1. The Balaban J connectivity index is 1.93. The number of methoxy groups -OCH3 is 2. The van der Waals surface area contributed by atoms with E-state index in [1.165, 1.54) is 4.34 Å². The highest BCUT2D eigenvalue weighted by atomic mass is 31.2. The number of nitrogen functional groups attached to an aromatic ring is 1. The summed E-state index contributed by atoms with van der Waals surface area (Å²) in [6.07, 6.45) is 3.09. The molecule has 0 saturated carbocycles. The second-order valence-electron chi connectivity index (χ2n) is 5.51. The van der Waals surface area contributed by atoms with Gasteiger partial charge in [0.05, 0.1) is 14.2 Å². The first-order chi connectivity index (χ1) is 13.0. The fraction of sp³-hybridized carbons (Fsp3) is 0.105. The van der Waals surface area contributed by atoms with E-state index in [9.17, 15) is 4.57 Å². The van der Waals surface area contributed by atoms with E-state index in [0.29, 0.717) is 28.7 Å². The Morgan fingerprint density at radius 3 is 1.44 bits per heavy atom. The number of hydrogen-bond donors (Lipinski definition) is 1. The number of pyridine rings is 1. The molecule has 27 heavy (non-hydrogen) atoms. The maximum absolute atomic E-state index is 13.6. The number of hydrogen-bond acceptors (Lipinski definition) is 6. The molecule has 0 unspecified atom stereocenters. The Bertz CT molecular complexity index is 874. The molecule has 3 aromatic rings. The molecule has 8 heteroatoms. The van der Waals surface area contributed by atoms with Gasteiger partial charge in [0.15, 0.2) is 12.4 Å². The maximum Gasteiger partial charge on any atom is 0.728 e. The molecule has 0 bridgehead atoms. The van der Waals surface area contributed by atoms with E-state index >= 15 is 0 Å². The summed E-state index contributed by atoms with van der Waals surface area (Å²) in [6.45, 7) is 0. The average molecular weight is 387 g/mol. The van der Waals surface area contributed by atoms with Crippen molar-refractivity contribution < 1.29 is 27.4 Å². The van der Waals surface area contributed by atoms with Crippen molar-refractivity contribution >= 4 is 13.4 Å². The van der Waals surface area contributed by atoms with Crippen LogP contribution in [0.5, 0.6) is 23.0 Å². The molecule has 0 aliphatic heterocycles. The predicted molar refractivity (Wildman–Crippen MR) is 101 cm³/mol. The van der Waals surface area contributed by atoms with Crippen LogP contribution < -0.4 is 28.6 Å². The Morgan fingerprint density at radius 1 is 0.704 bits per heavy atom. The minimum atomic E-state index is -3.80. The number of nitrogens with zero attached hydrogens (tertiary/aromatic N) is 1. The van der Waals surface area contributed by atoms with E-state index in [0.717, 1.165) is 0 Å². The van der Waals surface area contributed by atoms with Crippen LogP contribution in [0.1, 0.15) is 0 Å². The zero-order valence-electron chi connectivity index (χ0n) is 14.9. The topological polar surface area (TPSA) is 83.9 Å². The number of anilines is 1. The second kappa shape index (κ2) is 8.01. The van der Waals surface area contributed by atoms with E-state index in [1.54, 1.807) is 87.3 Å². The van der Waals surface area contributed by atoms with Crippen LogP contribution in [0.2, 0.25) is 0 Å². The van der Waals surface area contributed by atoms with Crippen LogP contribution in [0.4, 0.5) is 5.69 Å². The highest BCUT2D eigenvalue weighted by Gasteiger charge is 2.42. The molecule has 0 spiro atoms. The predicted octanol–water partition coefficient (Wildman–Crippen LogP) is 3.69. The molecule has 0 saturated heterocycles.